The topological polar surface area (TPSA) is 50.1 Å². The Hall–Kier alpha value is -1.40. The number of hydrogen-bond acceptors (Lipinski definition) is 3. The van der Waals surface area contributed by atoms with E-state index in [-0.39, 0.29) is 12.4 Å². The van der Waals surface area contributed by atoms with E-state index in [1.165, 1.54) is 6.07 Å². The van der Waals surface area contributed by atoms with Crippen LogP contribution in [-0.2, 0) is 13.1 Å². The number of nitrogens with zero attached hydrogens (tertiary/aromatic N) is 2. The van der Waals surface area contributed by atoms with Crippen LogP contribution in [0, 0.1) is 5.82 Å². The molecule has 0 saturated heterocycles. The molecule has 0 fully saturated rings. The molecule has 0 aliphatic carbocycles. The van der Waals surface area contributed by atoms with Gasteiger partial charge in [-0.25, -0.2) is 4.39 Å². The van der Waals surface area contributed by atoms with Gasteiger partial charge in [0.2, 0.25) is 0 Å². The first kappa shape index (κ1) is 13.0. The zero-order valence-corrected chi connectivity index (χ0v) is 11.2. The van der Waals surface area contributed by atoms with Crippen LogP contribution in [0.2, 0.25) is 0 Å². The third-order valence-corrected chi connectivity index (χ3v) is 3.11. The first-order valence-corrected chi connectivity index (χ1v) is 6.30. The summed E-state index contributed by atoms with van der Waals surface area (Å²) >= 11 is 3.29. The number of benzene rings is 1. The highest BCUT2D eigenvalue weighted by atomic mass is 79.9. The largest absolute Gasteiger partial charge is 0.394 e. The van der Waals surface area contributed by atoms with Gasteiger partial charge in [-0.05, 0) is 28.1 Å². The molecule has 0 bridgehead atoms. The molecule has 4 nitrogen and oxygen atoms in total. The van der Waals surface area contributed by atoms with Crippen molar-refractivity contribution in [3.05, 3.63) is 46.4 Å². The number of anilines is 1. The maximum Gasteiger partial charge on any atom is 0.147 e. The molecular formula is C12H13BrFN3O. The van der Waals surface area contributed by atoms with Gasteiger partial charge < -0.3 is 10.4 Å². The van der Waals surface area contributed by atoms with Gasteiger partial charge in [0.25, 0.3) is 0 Å². The van der Waals surface area contributed by atoms with E-state index in [1.54, 1.807) is 23.0 Å². The fourth-order valence-corrected chi connectivity index (χ4v) is 2.06. The summed E-state index contributed by atoms with van der Waals surface area (Å²) in [6.07, 6.45) is 3.51. The molecule has 0 amide bonds. The molecule has 0 aliphatic heterocycles. The van der Waals surface area contributed by atoms with Gasteiger partial charge in [-0.2, -0.15) is 5.10 Å². The van der Waals surface area contributed by atoms with Gasteiger partial charge in [-0.15, -0.1) is 0 Å². The molecular weight excluding hydrogens is 301 g/mol. The van der Waals surface area contributed by atoms with Crippen molar-refractivity contribution in [2.24, 2.45) is 0 Å². The molecule has 0 saturated carbocycles. The van der Waals surface area contributed by atoms with Gasteiger partial charge in [-0.3, -0.25) is 4.68 Å². The lowest BCUT2D eigenvalue weighted by atomic mass is 10.3. The molecule has 2 aromatic rings. The molecule has 6 heteroatoms. The van der Waals surface area contributed by atoms with Crippen LogP contribution >= 0.6 is 15.9 Å². The lowest BCUT2D eigenvalue weighted by Gasteiger charge is -2.08. The minimum Gasteiger partial charge on any atom is -0.394 e. The second-order valence-corrected chi connectivity index (χ2v) is 4.64. The van der Waals surface area contributed by atoms with Crippen LogP contribution < -0.4 is 5.32 Å². The van der Waals surface area contributed by atoms with Crippen LogP contribution in [-0.4, -0.2) is 21.5 Å². The molecule has 1 aromatic carbocycles. The van der Waals surface area contributed by atoms with Crippen molar-refractivity contribution in [2.45, 2.75) is 13.1 Å². The number of hydrogen-bond donors (Lipinski definition) is 2. The van der Waals surface area contributed by atoms with E-state index in [9.17, 15) is 4.39 Å². The second kappa shape index (κ2) is 5.97. The smallest absolute Gasteiger partial charge is 0.147 e. The normalized spacial score (nSPS) is 10.6. The van der Waals surface area contributed by atoms with Crippen LogP contribution in [0.25, 0.3) is 0 Å². The minimum atomic E-state index is -0.299. The summed E-state index contributed by atoms with van der Waals surface area (Å²) in [5, 5.41) is 15.9. The van der Waals surface area contributed by atoms with E-state index in [4.69, 9.17) is 5.11 Å². The van der Waals surface area contributed by atoms with Crippen molar-refractivity contribution in [2.75, 3.05) is 11.9 Å². The fraction of sp³-hybridized carbons (Fsp3) is 0.250. The van der Waals surface area contributed by atoms with Crippen molar-refractivity contribution in [1.29, 1.82) is 0 Å². The molecule has 0 spiro atoms. The van der Waals surface area contributed by atoms with E-state index in [2.05, 4.69) is 26.3 Å². The Labute approximate surface area is 113 Å². The summed E-state index contributed by atoms with van der Waals surface area (Å²) in [7, 11) is 0. The predicted molar refractivity (Wildman–Crippen MR) is 70.7 cm³/mol. The van der Waals surface area contributed by atoms with Crippen LogP contribution in [0.3, 0.4) is 0 Å². The van der Waals surface area contributed by atoms with Crippen LogP contribution in [0.5, 0.6) is 0 Å². The fourth-order valence-electron chi connectivity index (χ4n) is 1.58. The van der Waals surface area contributed by atoms with Gasteiger partial charge in [0.15, 0.2) is 0 Å². The van der Waals surface area contributed by atoms with Gasteiger partial charge in [0, 0.05) is 22.8 Å². The zero-order valence-electron chi connectivity index (χ0n) is 9.61. The van der Waals surface area contributed by atoms with Crippen LogP contribution in [0.4, 0.5) is 10.1 Å². The Morgan fingerprint density at radius 3 is 3.00 bits per heavy atom. The summed E-state index contributed by atoms with van der Waals surface area (Å²) < 4.78 is 15.9. The summed E-state index contributed by atoms with van der Waals surface area (Å²) in [6.45, 7) is 0.988. The maximum atomic E-state index is 13.5. The van der Waals surface area contributed by atoms with Gasteiger partial charge in [0.1, 0.15) is 5.82 Å². The van der Waals surface area contributed by atoms with E-state index in [1.807, 2.05) is 6.20 Å². The van der Waals surface area contributed by atoms with Crippen LogP contribution in [0.1, 0.15) is 5.56 Å². The Morgan fingerprint density at radius 2 is 2.28 bits per heavy atom. The Morgan fingerprint density at radius 1 is 1.44 bits per heavy atom. The SMILES string of the molecule is OCCn1cc(CNc2c(F)cccc2Br)cn1. The van der Waals surface area contributed by atoms with Gasteiger partial charge >= 0.3 is 0 Å². The Kier molecular flexibility index (Phi) is 4.33. The second-order valence-electron chi connectivity index (χ2n) is 3.79. The zero-order chi connectivity index (χ0) is 13.0. The highest BCUT2D eigenvalue weighted by Crippen LogP contribution is 2.25. The third kappa shape index (κ3) is 3.08. The van der Waals surface area contributed by atoms with Gasteiger partial charge in [-0.1, -0.05) is 6.07 Å². The molecule has 0 atom stereocenters. The minimum absolute atomic E-state index is 0.0490. The number of rotatable bonds is 5. The lowest BCUT2D eigenvalue weighted by Crippen LogP contribution is -2.03. The number of para-hydroxylation sites is 1. The molecule has 0 aliphatic rings. The third-order valence-electron chi connectivity index (χ3n) is 2.45. The number of nitrogens with one attached hydrogen (secondary N) is 1. The van der Waals surface area contributed by atoms with Crippen molar-refractivity contribution >= 4 is 21.6 Å². The Bertz CT molecular complexity index is 510. The molecule has 2 rings (SSSR count). The first-order valence-electron chi connectivity index (χ1n) is 5.51. The molecule has 2 N–H and O–H groups in total. The van der Waals surface area contributed by atoms with Crippen molar-refractivity contribution in [1.82, 2.24) is 9.78 Å². The van der Waals surface area contributed by atoms with E-state index >= 15 is 0 Å². The number of aromatic nitrogens is 2. The van der Waals surface area contributed by atoms with Gasteiger partial charge in [0.05, 0.1) is 25.0 Å². The van der Waals surface area contributed by atoms with Crippen LogP contribution in [0.15, 0.2) is 35.1 Å². The first-order chi connectivity index (χ1) is 8.70. The highest BCUT2D eigenvalue weighted by molar-refractivity contribution is 9.10. The van der Waals surface area contributed by atoms with Crippen molar-refractivity contribution in [3.63, 3.8) is 0 Å². The highest BCUT2D eigenvalue weighted by Gasteiger charge is 2.06. The predicted octanol–water partition coefficient (Wildman–Crippen LogP) is 2.39. The number of halogens is 2. The average molecular weight is 314 g/mol. The van der Waals surface area contributed by atoms with E-state index < -0.39 is 0 Å². The molecule has 96 valence electrons. The maximum absolute atomic E-state index is 13.5. The van der Waals surface area contributed by atoms with Crippen molar-refractivity contribution in [3.8, 4) is 0 Å². The summed E-state index contributed by atoms with van der Waals surface area (Å²) in [5.41, 5.74) is 1.37. The van der Waals surface area contributed by atoms with E-state index in [0.717, 1.165) is 5.56 Å². The quantitative estimate of drug-likeness (QED) is 0.891. The lowest BCUT2D eigenvalue weighted by molar-refractivity contribution is 0.269. The molecule has 1 aromatic heterocycles. The molecule has 18 heavy (non-hydrogen) atoms. The average Bonchev–Trinajstić information content (AvgIpc) is 2.77. The molecule has 0 unspecified atom stereocenters. The van der Waals surface area contributed by atoms with Crippen molar-refractivity contribution < 1.29 is 9.50 Å². The molecule has 0 radical (unpaired) electrons. The summed E-state index contributed by atoms with van der Waals surface area (Å²) in [5.74, 6) is -0.299. The summed E-state index contributed by atoms with van der Waals surface area (Å²) in [6, 6.07) is 4.83. The van der Waals surface area contributed by atoms with E-state index in [0.29, 0.717) is 23.2 Å². The summed E-state index contributed by atoms with van der Waals surface area (Å²) in [4.78, 5) is 0. The number of aliphatic hydroxyl groups is 1. The number of aliphatic hydroxyl groups excluding tert-OH is 1. The molecule has 1 heterocycles. The monoisotopic (exact) mass is 313 g/mol. The standard InChI is InChI=1S/C12H13BrFN3O/c13-10-2-1-3-11(14)12(10)15-6-9-7-16-17(8-9)4-5-18/h1-3,7-8,15,18H,4-6H2. The Balaban J connectivity index is 2.02.